The zero-order valence-corrected chi connectivity index (χ0v) is 11.8. The van der Waals surface area contributed by atoms with Gasteiger partial charge >= 0.3 is 0 Å². The van der Waals surface area contributed by atoms with E-state index in [1.807, 2.05) is 31.2 Å². The van der Waals surface area contributed by atoms with Crippen molar-refractivity contribution < 1.29 is 4.79 Å². The fourth-order valence-corrected chi connectivity index (χ4v) is 2.48. The Morgan fingerprint density at radius 3 is 2.89 bits per heavy atom. The molecule has 3 nitrogen and oxygen atoms in total. The van der Waals surface area contributed by atoms with E-state index >= 15 is 0 Å². The Hall–Kier alpha value is -1.94. The third-order valence-corrected chi connectivity index (χ3v) is 3.83. The highest BCUT2D eigenvalue weighted by molar-refractivity contribution is 7.13. The molecular weight excluding hydrogens is 256 g/mol. The second-order valence-electron chi connectivity index (χ2n) is 4.23. The molecule has 0 bridgehead atoms. The molecule has 0 spiro atoms. The number of hydrogen-bond acceptors (Lipinski definition) is 3. The normalized spacial score (nSPS) is 10.8. The molecule has 0 aliphatic carbocycles. The number of carbonyl (C=O) groups excluding carboxylic acids is 1. The quantitative estimate of drug-likeness (QED) is 0.673. The summed E-state index contributed by atoms with van der Waals surface area (Å²) in [6.07, 6.45) is 2.70. The van der Waals surface area contributed by atoms with Crippen LogP contribution in [0.3, 0.4) is 0 Å². The molecule has 4 heteroatoms. The summed E-state index contributed by atoms with van der Waals surface area (Å²) in [7, 11) is 0. The van der Waals surface area contributed by atoms with Gasteiger partial charge in [-0.2, -0.15) is 5.10 Å². The number of carbonyl (C=O) groups is 1. The lowest BCUT2D eigenvalue weighted by Crippen LogP contribution is -2.17. The molecule has 0 aliphatic rings. The fraction of sp³-hybridized carbons (Fsp3) is 0.200. The molecule has 0 atom stereocenters. The van der Waals surface area contributed by atoms with Crippen molar-refractivity contribution in [3.8, 4) is 0 Å². The molecule has 98 valence electrons. The van der Waals surface area contributed by atoms with Crippen LogP contribution in [0.4, 0.5) is 0 Å². The van der Waals surface area contributed by atoms with E-state index in [1.165, 1.54) is 4.88 Å². The average Bonchev–Trinajstić information content (AvgIpc) is 2.86. The van der Waals surface area contributed by atoms with E-state index in [2.05, 4.69) is 23.5 Å². The maximum Gasteiger partial charge on any atom is 0.271 e. The van der Waals surface area contributed by atoms with Gasteiger partial charge in [-0.3, -0.25) is 4.79 Å². The zero-order chi connectivity index (χ0) is 13.7. The van der Waals surface area contributed by atoms with Gasteiger partial charge < -0.3 is 0 Å². The van der Waals surface area contributed by atoms with Crippen molar-refractivity contribution in [3.05, 3.63) is 57.3 Å². The minimum Gasteiger partial charge on any atom is -0.267 e. The first-order valence-corrected chi connectivity index (χ1v) is 6.99. The molecule has 1 aromatic heterocycles. The Morgan fingerprint density at radius 2 is 2.21 bits per heavy atom. The van der Waals surface area contributed by atoms with Crippen LogP contribution in [-0.4, -0.2) is 12.1 Å². The standard InChI is InChI=1S/C15H16N2OS/c1-3-13-7-8-14(19-13)10-16-17-15(18)12-6-4-5-11(2)9-12/h4-10H,3H2,1-2H3,(H,17,18)/b16-10+. The number of amides is 1. The molecule has 19 heavy (non-hydrogen) atoms. The van der Waals surface area contributed by atoms with Crippen LogP contribution in [0, 0.1) is 6.92 Å². The topological polar surface area (TPSA) is 41.5 Å². The van der Waals surface area contributed by atoms with Crippen LogP contribution in [-0.2, 0) is 6.42 Å². The molecule has 0 unspecified atom stereocenters. The van der Waals surface area contributed by atoms with Crippen molar-refractivity contribution in [3.63, 3.8) is 0 Å². The second-order valence-corrected chi connectivity index (χ2v) is 5.43. The van der Waals surface area contributed by atoms with Crippen molar-refractivity contribution in [2.24, 2.45) is 5.10 Å². The minimum absolute atomic E-state index is 0.188. The first-order valence-electron chi connectivity index (χ1n) is 6.18. The van der Waals surface area contributed by atoms with Crippen LogP contribution in [0.25, 0.3) is 0 Å². The molecule has 1 N–H and O–H groups in total. The molecule has 0 aliphatic heterocycles. The predicted octanol–water partition coefficient (Wildman–Crippen LogP) is 3.38. The highest BCUT2D eigenvalue weighted by atomic mass is 32.1. The lowest BCUT2D eigenvalue weighted by Gasteiger charge is -2.00. The van der Waals surface area contributed by atoms with Gasteiger partial charge in [0.05, 0.1) is 6.21 Å². The van der Waals surface area contributed by atoms with Crippen molar-refractivity contribution in [1.82, 2.24) is 5.43 Å². The number of nitrogens with one attached hydrogen (secondary N) is 1. The number of hydrogen-bond donors (Lipinski definition) is 1. The van der Waals surface area contributed by atoms with Gasteiger partial charge in [-0.1, -0.05) is 24.6 Å². The molecule has 0 saturated carbocycles. The Labute approximate surface area is 117 Å². The Balaban J connectivity index is 1.96. The van der Waals surface area contributed by atoms with Gasteiger partial charge in [-0.15, -0.1) is 11.3 Å². The van der Waals surface area contributed by atoms with E-state index < -0.39 is 0 Å². The second kappa shape index (κ2) is 6.29. The van der Waals surface area contributed by atoms with Gasteiger partial charge in [-0.25, -0.2) is 5.43 Å². The Morgan fingerprint density at radius 1 is 1.37 bits per heavy atom. The van der Waals surface area contributed by atoms with E-state index in [1.54, 1.807) is 23.6 Å². The maximum atomic E-state index is 11.8. The molecule has 2 aromatic rings. The van der Waals surface area contributed by atoms with Crippen LogP contribution in [0.15, 0.2) is 41.5 Å². The summed E-state index contributed by atoms with van der Waals surface area (Å²) in [6, 6.07) is 11.5. The fourth-order valence-electron chi connectivity index (χ4n) is 1.66. The minimum atomic E-state index is -0.188. The number of benzene rings is 1. The van der Waals surface area contributed by atoms with E-state index in [4.69, 9.17) is 0 Å². The highest BCUT2D eigenvalue weighted by Crippen LogP contribution is 2.14. The van der Waals surface area contributed by atoms with Crippen molar-refractivity contribution in [2.75, 3.05) is 0 Å². The monoisotopic (exact) mass is 272 g/mol. The molecule has 0 saturated heterocycles. The number of hydrazone groups is 1. The molecular formula is C15H16N2OS. The average molecular weight is 272 g/mol. The number of thiophene rings is 1. The van der Waals surface area contributed by atoms with Gasteiger partial charge in [-0.05, 0) is 37.6 Å². The summed E-state index contributed by atoms with van der Waals surface area (Å²) < 4.78 is 0. The van der Waals surface area contributed by atoms with Crippen molar-refractivity contribution in [2.45, 2.75) is 20.3 Å². The lowest BCUT2D eigenvalue weighted by molar-refractivity contribution is 0.0955. The van der Waals surface area contributed by atoms with Gasteiger partial charge in [0, 0.05) is 15.3 Å². The molecule has 0 radical (unpaired) electrons. The molecule has 2 rings (SSSR count). The molecule has 1 heterocycles. The number of rotatable bonds is 4. The van der Waals surface area contributed by atoms with E-state index in [-0.39, 0.29) is 5.91 Å². The third-order valence-electron chi connectivity index (χ3n) is 2.67. The van der Waals surface area contributed by atoms with E-state index in [0.29, 0.717) is 5.56 Å². The summed E-state index contributed by atoms with van der Waals surface area (Å²) >= 11 is 1.68. The number of nitrogens with zero attached hydrogens (tertiary/aromatic N) is 1. The van der Waals surface area contributed by atoms with Gasteiger partial charge in [0.1, 0.15) is 0 Å². The van der Waals surface area contributed by atoms with E-state index in [9.17, 15) is 4.79 Å². The summed E-state index contributed by atoms with van der Waals surface area (Å²) in [6.45, 7) is 4.07. The summed E-state index contributed by atoms with van der Waals surface area (Å²) in [5.41, 5.74) is 4.22. The summed E-state index contributed by atoms with van der Waals surface area (Å²) in [4.78, 5) is 14.2. The van der Waals surface area contributed by atoms with Crippen LogP contribution < -0.4 is 5.43 Å². The van der Waals surface area contributed by atoms with Crippen LogP contribution in [0.2, 0.25) is 0 Å². The summed E-state index contributed by atoms with van der Waals surface area (Å²) in [5.74, 6) is -0.188. The van der Waals surface area contributed by atoms with E-state index in [0.717, 1.165) is 16.9 Å². The first-order chi connectivity index (χ1) is 9.19. The first kappa shape index (κ1) is 13.5. The number of aryl methyl sites for hydroxylation is 2. The van der Waals surface area contributed by atoms with Gasteiger partial charge in [0.2, 0.25) is 0 Å². The SMILES string of the molecule is CCc1ccc(/C=N/NC(=O)c2cccc(C)c2)s1. The molecule has 1 amide bonds. The molecule has 1 aromatic carbocycles. The zero-order valence-electron chi connectivity index (χ0n) is 11.0. The lowest BCUT2D eigenvalue weighted by atomic mass is 10.1. The molecule has 0 fully saturated rings. The van der Waals surface area contributed by atoms with Crippen molar-refractivity contribution >= 4 is 23.5 Å². The Bertz CT molecular complexity index is 602. The predicted molar refractivity (Wildman–Crippen MR) is 79.9 cm³/mol. The maximum absolute atomic E-state index is 11.8. The van der Waals surface area contributed by atoms with Crippen LogP contribution >= 0.6 is 11.3 Å². The smallest absolute Gasteiger partial charge is 0.267 e. The van der Waals surface area contributed by atoms with Crippen LogP contribution in [0.1, 0.15) is 32.6 Å². The van der Waals surface area contributed by atoms with Crippen molar-refractivity contribution in [1.29, 1.82) is 0 Å². The Kier molecular flexibility index (Phi) is 4.47. The third kappa shape index (κ3) is 3.76. The largest absolute Gasteiger partial charge is 0.271 e. The van der Waals surface area contributed by atoms with Gasteiger partial charge in [0.15, 0.2) is 0 Å². The summed E-state index contributed by atoms with van der Waals surface area (Å²) in [5, 5.41) is 3.98. The highest BCUT2D eigenvalue weighted by Gasteiger charge is 2.03. The van der Waals surface area contributed by atoms with Gasteiger partial charge in [0.25, 0.3) is 5.91 Å². The van der Waals surface area contributed by atoms with Crippen LogP contribution in [0.5, 0.6) is 0 Å².